The number of methoxy groups -OCH3 is 1. The van der Waals surface area contributed by atoms with Crippen molar-refractivity contribution in [2.75, 3.05) is 17.3 Å². The van der Waals surface area contributed by atoms with Crippen molar-refractivity contribution in [3.05, 3.63) is 98.0 Å². The highest BCUT2D eigenvalue weighted by atomic mass is 35.5. The minimum Gasteiger partial charge on any atom is -0.494 e. The first kappa shape index (κ1) is 25.2. The Hall–Kier alpha value is -3.46. The van der Waals surface area contributed by atoms with E-state index in [0.717, 1.165) is 22.5 Å². The minimum absolute atomic E-state index is 0.0542. The van der Waals surface area contributed by atoms with E-state index in [9.17, 15) is 9.90 Å². The molecule has 0 saturated carbocycles. The summed E-state index contributed by atoms with van der Waals surface area (Å²) < 4.78 is 8.91. The topological polar surface area (TPSA) is 84.5 Å². The molecule has 2 aromatic heterocycles. The maximum absolute atomic E-state index is 12.3. The molecule has 5 rings (SSSR count). The number of rotatable bonds is 5. The molecule has 2 N–H and O–H groups in total. The number of nitrogens with one attached hydrogen (secondary N) is 1. The number of benzene rings is 2. The molecule has 2 unspecified atom stereocenters. The van der Waals surface area contributed by atoms with Gasteiger partial charge in [0.05, 0.1) is 24.5 Å². The SMILES string of the molecule is COc1ccccc1-n1nc2c(c1C(C)C)C(c1ccc(Cl)cc1)N(c1cc(Cl)c(=O)n(C)c1)C(O)N2. The van der Waals surface area contributed by atoms with Crippen LogP contribution in [0.15, 0.2) is 65.6 Å². The minimum atomic E-state index is -1.16. The average Bonchev–Trinajstić information content (AvgIpc) is 3.25. The molecule has 2 aromatic carbocycles. The number of aromatic nitrogens is 3. The summed E-state index contributed by atoms with van der Waals surface area (Å²) in [4.78, 5) is 14.1. The Balaban J connectivity index is 1.81. The summed E-state index contributed by atoms with van der Waals surface area (Å²) in [5.74, 6) is 1.28. The average molecular weight is 540 g/mol. The van der Waals surface area contributed by atoms with Gasteiger partial charge in [0.15, 0.2) is 5.82 Å². The quantitative estimate of drug-likeness (QED) is 0.357. The molecule has 2 atom stereocenters. The molecule has 0 radical (unpaired) electrons. The van der Waals surface area contributed by atoms with Crippen LogP contribution in [0, 0.1) is 0 Å². The van der Waals surface area contributed by atoms with Gasteiger partial charge in [0, 0.05) is 23.8 Å². The van der Waals surface area contributed by atoms with Gasteiger partial charge in [0.1, 0.15) is 16.5 Å². The fourth-order valence-corrected chi connectivity index (χ4v) is 5.26. The number of ether oxygens (including phenoxy) is 1. The van der Waals surface area contributed by atoms with Crippen molar-refractivity contribution in [1.82, 2.24) is 14.3 Å². The molecule has 4 aromatic rings. The number of fused-ring (bicyclic) bond motifs is 1. The van der Waals surface area contributed by atoms with Crippen LogP contribution >= 0.6 is 23.2 Å². The molecular formula is C27H27Cl2N5O3. The van der Waals surface area contributed by atoms with Gasteiger partial charge in [0.25, 0.3) is 5.56 Å². The fourth-order valence-electron chi connectivity index (χ4n) is 4.89. The monoisotopic (exact) mass is 539 g/mol. The Morgan fingerprint density at radius 1 is 1.11 bits per heavy atom. The molecule has 10 heteroatoms. The molecule has 0 bridgehead atoms. The van der Waals surface area contributed by atoms with Gasteiger partial charge in [-0.3, -0.25) is 4.79 Å². The lowest BCUT2D eigenvalue weighted by molar-refractivity contribution is 0.183. The van der Waals surface area contributed by atoms with Crippen LogP contribution in [0.1, 0.15) is 42.6 Å². The second-order valence-corrected chi connectivity index (χ2v) is 10.1. The molecule has 37 heavy (non-hydrogen) atoms. The van der Waals surface area contributed by atoms with E-state index in [-0.39, 0.29) is 16.5 Å². The first-order chi connectivity index (χ1) is 17.7. The van der Waals surface area contributed by atoms with E-state index in [1.165, 1.54) is 4.57 Å². The lowest BCUT2D eigenvalue weighted by atomic mass is 9.91. The number of pyridine rings is 1. The number of hydrogen-bond acceptors (Lipinski definition) is 6. The highest BCUT2D eigenvalue weighted by molar-refractivity contribution is 6.30. The van der Waals surface area contributed by atoms with Crippen LogP contribution in [-0.4, -0.2) is 32.9 Å². The van der Waals surface area contributed by atoms with Crippen molar-refractivity contribution < 1.29 is 9.84 Å². The van der Waals surface area contributed by atoms with E-state index < -0.39 is 12.4 Å². The Kier molecular flexibility index (Phi) is 6.66. The number of para-hydroxylation sites is 2. The van der Waals surface area contributed by atoms with Gasteiger partial charge >= 0.3 is 0 Å². The second kappa shape index (κ2) is 9.78. The van der Waals surface area contributed by atoms with Gasteiger partial charge in [0.2, 0.25) is 6.35 Å². The number of halogens is 2. The first-order valence-corrected chi connectivity index (χ1v) is 12.6. The lowest BCUT2D eigenvalue weighted by Gasteiger charge is -2.42. The Labute approximate surface area is 224 Å². The van der Waals surface area contributed by atoms with Crippen molar-refractivity contribution in [2.24, 2.45) is 7.05 Å². The van der Waals surface area contributed by atoms with E-state index in [4.69, 9.17) is 33.0 Å². The van der Waals surface area contributed by atoms with Crippen LogP contribution in [0.2, 0.25) is 10.0 Å². The maximum Gasteiger partial charge on any atom is 0.269 e. The van der Waals surface area contributed by atoms with Gasteiger partial charge in [-0.1, -0.05) is 61.3 Å². The Morgan fingerprint density at radius 3 is 2.46 bits per heavy atom. The third kappa shape index (κ3) is 4.35. The first-order valence-electron chi connectivity index (χ1n) is 11.8. The maximum atomic E-state index is 12.3. The summed E-state index contributed by atoms with van der Waals surface area (Å²) in [7, 11) is 3.25. The second-order valence-electron chi connectivity index (χ2n) is 9.23. The summed E-state index contributed by atoms with van der Waals surface area (Å²) >= 11 is 12.5. The molecule has 1 aliphatic rings. The summed E-state index contributed by atoms with van der Waals surface area (Å²) in [5.41, 5.74) is 3.75. The van der Waals surface area contributed by atoms with Crippen LogP contribution in [0.5, 0.6) is 5.75 Å². The summed E-state index contributed by atoms with van der Waals surface area (Å²) in [6.07, 6.45) is 0.495. The number of anilines is 2. The van der Waals surface area contributed by atoms with Crippen molar-refractivity contribution in [3.8, 4) is 11.4 Å². The largest absolute Gasteiger partial charge is 0.494 e. The molecule has 3 heterocycles. The predicted octanol–water partition coefficient (Wildman–Crippen LogP) is 5.31. The van der Waals surface area contributed by atoms with Crippen LogP contribution in [-0.2, 0) is 7.05 Å². The Morgan fingerprint density at radius 2 is 1.81 bits per heavy atom. The fraction of sp³-hybridized carbons (Fsp3) is 0.259. The summed E-state index contributed by atoms with van der Waals surface area (Å²) in [5, 5.41) is 20.1. The normalized spacial score (nSPS) is 17.0. The van der Waals surface area contributed by atoms with Crippen molar-refractivity contribution >= 4 is 34.7 Å². The van der Waals surface area contributed by atoms with Gasteiger partial charge in [-0.05, 0) is 41.8 Å². The number of aliphatic hydroxyl groups is 1. The van der Waals surface area contributed by atoms with E-state index in [0.29, 0.717) is 22.3 Å². The van der Waals surface area contributed by atoms with Gasteiger partial charge in [-0.2, -0.15) is 0 Å². The van der Waals surface area contributed by atoms with Crippen LogP contribution < -0.4 is 20.5 Å². The number of aliphatic hydroxyl groups excluding tert-OH is 1. The van der Waals surface area contributed by atoms with E-state index in [2.05, 4.69) is 19.2 Å². The molecule has 0 fully saturated rings. The highest BCUT2D eigenvalue weighted by Gasteiger charge is 2.40. The number of nitrogens with zero attached hydrogens (tertiary/aromatic N) is 4. The standard InChI is InChI=1S/C27H27Cl2N5O3/c1-15(2)23-22-24(16-9-11-17(28)12-10-16)33(18-13-19(29)26(35)32(3)14-18)27(36)30-25(22)31-34(23)20-7-5-6-8-21(20)37-4/h5-15,24,27,36H,1-4H3,(H,30,31). The van der Waals surface area contributed by atoms with Crippen molar-refractivity contribution in [1.29, 1.82) is 0 Å². The molecule has 0 amide bonds. The van der Waals surface area contributed by atoms with Gasteiger partial charge in [-0.15, -0.1) is 5.10 Å². The van der Waals surface area contributed by atoms with Gasteiger partial charge < -0.3 is 24.6 Å². The Bertz CT molecular complexity index is 1490. The van der Waals surface area contributed by atoms with E-state index in [1.54, 1.807) is 31.3 Å². The zero-order chi connectivity index (χ0) is 26.4. The van der Waals surface area contributed by atoms with Crippen molar-refractivity contribution in [2.45, 2.75) is 32.2 Å². The van der Waals surface area contributed by atoms with Crippen LogP contribution in [0.25, 0.3) is 5.69 Å². The van der Waals surface area contributed by atoms with Crippen LogP contribution in [0.3, 0.4) is 0 Å². The lowest BCUT2D eigenvalue weighted by Crippen LogP contribution is -2.48. The van der Waals surface area contributed by atoms with E-state index in [1.807, 2.05) is 53.2 Å². The van der Waals surface area contributed by atoms with Crippen LogP contribution in [0.4, 0.5) is 11.5 Å². The molecular weight excluding hydrogens is 513 g/mol. The van der Waals surface area contributed by atoms with Crippen molar-refractivity contribution in [3.63, 3.8) is 0 Å². The predicted molar refractivity (Wildman–Crippen MR) is 146 cm³/mol. The zero-order valence-corrected chi connectivity index (χ0v) is 22.3. The third-order valence-electron chi connectivity index (χ3n) is 6.51. The molecule has 0 spiro atoms. The zero-order valence-electron chi connectivity index (χ0n) is 20.8. The third-order valence-corrected chi connectivity index (χ3v) is 7.03. The summed E-state index contributed by atoms with van der Waals surface area (Å²) in [6.45, 7) is 4.20. The molecule has 0 aliphatic carbocycles. The van der Waals surface area contributed by atoms with Gasteiger partial charge in [-0.25, -0.2) is 4.68 Å². The number of hydrogen-bond donors (Lipinski definition) is 2. The highest BCUT2D eigenvalue weighted by Crippen LogP contribution is 2.46. The van der Waals surface area contributed by atoms with E-state index >= 15 is 0 Å². The summed E-state index contributed by atoms with van der Waals surface area (Å²) in [6, 6.07) is 16.3. The number of aryl methyl sites for hydroxylation is 1. The molecule has 0 saturated heterocycles. The smallest absolute Gasteiger partial charge is 0.269 e. The molecule has 8 nitrogen and oxygen atoms in total. The molecule has 192 valence electrons. The molecule has 1 aliphatic heterocycles.